The molecule has 1 aromatic carbocycles. The highest BCUT2D eigenvalue weighted by molar-refractivity contribution is 5.94. The van der Waals surface area contributed by atoms with Gasteiger partial charge in [-0.25, -0.2) is 9.97 Å². The number of nitrogens with zero attached hydrogens (tertiary/aromatic N) is 2. The highest BCUT2D eigenvalue weighted by Crippen LogP contribution is 2.10. The molecule has 1 heterocycles. The van der Waals surface area contributed by atoms with Gasteiger partial charge in [0.1, 0.15) is 6.33 Å². The molecule has 1 N–H and O–H groups in total. The van der Waals surface area contributed by atoms with E-state index in [2.05, 4.69) is 15.3 Å². The fraction of sp³-hybridized carbons (Fsp3) is 0.154. The molecule has 1 amide bonds. The molecule has 0 saturated heterocycles. The standard InChI is InChI=1S/C13H13N3O/c1-10(12-7-14-9-15-8-12)16-13(17)11-5-3-2-4-6-11/h2-10H,1H3,(H,16,17). The van der Waals surface area contributed by atoms with Crippen LogP contribution in [0, 0.1) is 0 Å². The van der Waals surface area contributed by atoms with Gasteiger partial charge in [-0.15, -0.1) is 0 Å². The lowest BCUT2D eigenvalue weighted by Gasteiger charge is -2.13. The molecule has 1 aromatic heterocycles. The quantitative estimate of drug-likeness (QED) is 0.872. The van der Waals surface area contributed by atoms with Gasteiger partial charge >= 0.3 is 0 Å². The van der Waals surface area contributed by atoms with E-state index < -0.39 is 0 Å². The molecule has 0 aliphatic rings. The molecule has 1 unspecified atom stereocenters. The Kier molecular flexibility index (Phi) is 3.45. The molecular formula is C13H13N3O. The maximum Gasteiger partial charge on any atom is 0.251 e. The number of rotatable bonds is 3. The number of carbonyl (C=O) groups excluding carboxylic acids is 1. The first-order valence-electron chi connectivity index (χ1n) is 5.38. The Labute approximate surface area is 99.7 Å². The van der Waals surface area contributed by atoms with Crippen LogP contribution in [0.2, 0.25) is 0 Å². The molecule has 4 heteroatoms. The summed E-state index contributed by atoms with van der Waals surface area (Å²) in [4.78, 5) is 19.7. The molecule has 0 fully saturated rings. The fourth-order valence-electron chi connectivity index (χ4n) is 1.49. The van der Waals surface area contributed by atoms with Crippen LogP contribution in [-0.2, 0) is 0 Å². The summed E-state index contributed by atoms with van der Waals surface area (Å²) in [6.45, 7) is 1.90. The molecule has 0 spiro atoms. The Hall–Kier alpha value is -2.23. The highest BCUT2D eigenvalue weighted by Gasteiger charge is 2.10. The summed E-state index contributed by atoms with van der Waals surface area (Å²) in [5.74, 6) is -0.0954. The first-order valence-corrected chi connectivity index (χ1v) is 5.38. The van der Waals surface area contributed by atoms with E-state index in [1.54, 1.807) is 24.5 Å². The van der Waals surface area contributed by atoms with Crippen molar-refractivity contribution in [3.8, 4) is 0 Å². The Bertz CT molecular complexity index is 485. The summed E-state index contributed by atoms with van der Waals surface area (Å²) in [7, 11) is 0. The SMILES string of the molecule is CC(NC(=O)c1ccccc1)c1cncnc1. The van der Waals surface area contributed by atoms with Gasteiger partial charge in [-0.05, 0) is 19.1 Å². The van der Waals surface area contributed by atoms with Crippen LogP contribution in [0.15, 0.2) is 49.1 Å². The third-order valence-electron chi connectivity index (χ3n) is 2.46. The predicted molar refractivity (Wildman–Crippen MR) is 64.4 cm³/mol. The molecular weight excluding hydrogens is 214 g/mol. The number of amides is 1. The lowest BCUT2D eigenvalue weighted by atomic mass is 10.1. The third kappa shape index (κ3) is 2.87. The molecule has 0 radical (unpaired) electrons. The molecule has 0 saturated carbocycles. The van der Waals surface area contributed by atoms with Crippen molar-refractivity contribution in [3.05, 3.63) is 60.2 Å². The van der Waals surface area contributed by atoms with Crippen molar-refractivity contribution in [1.82, 2.24) is 15.3 Å². The second-order valence-electron chi connectivity index (χ2n) is 3.73. The zero-order valence-electron chi connectivity index (χ0n) is 9.50. The van der Waals surface area contributed by atoms with Crippen LogP contribution < -0.4 is 5.32 Å². The summed E-state index contributed by atoms with van der Waals surface area (Å²) >= 11 is 0. The van der Waals surface area contributed by atoms with Crippen LogP contribution in [-0.4, -0.2) is 15.9 Å². The van der Waals surface area contributed by atoms with E-state index >= 15 is 0 Å². The van der Waals surface area contributed by atoms with Crippen molar-refractivity contribution < 1.29 is 4.79 Å². The minimum absolute atomic E-state index is 0.0954. The van der Waals surface area contributed by atoms with Crippen LogP contribution in [0.25, 0.3) is 0 Å². The third-order valence-corrected chi connectivity index (χ3v) is 2.46. The molecule has 4 nitrogen and oxygen atoms in total. The summed E-state index contributed by atoms with van der Waals surface area (Å²) in [5, 5.41) is 2.89. The molecule has 2 rings (SSSR count). The van der Waals surface area contributed by atoms with Crippen molar-refractivity contribution in [2.45, 2.75) is 13.0 Å². The number of hydrogen-bond donors (Lipinski definition) is 1. The van der Waals surface area contributed by atoms with E-state index in [0.717, 1.165) is 5.56 Å². The number of hydrogen-bond acceptors (Lipinski definition) is 3. The summed E-state index contributed by atoms with van der Waals surface area (Å²) in [6.07, 6.45) is 4.86. The van der Waals surface area contributed by atoms with Gasteiger partial charge in [-0.1, -0.05) is 18.2 Å². The predicted octanol–water partition coefficient (Wildman–Crippen LogP) is 1.97. The minimum atomic E-state index is -0.107. The zero-order chi connectivity index (χ0) is 12.1. The molecule has 1 atom stereocenters. The van der Waals surface area contributed by atoms with Gasteiger partial charge < -0.3 is 5.32 Å². The molecule has 17 heavy (non-hydrogen) atoms. The second-order valence-corrected chi connectivity index (χ2v) is 3.73. The van der Waals surface area contributed by atoms with Crippen molar-refractivity contribution in [2.75, 3.05) is 0 Å². The summed E-state index contributed by atoms with van der Waals surface area (Å²) < 4.78 is 0. The van der Waals surface area contributed by atoms with Crippen molar-refractivity contribution in [1.29, 1.82) is 0 Å². The van der Waals surface area contributed by atoms with Gasteiger partial charge in [0.25, 0.3) is 5.91 Å². The molecule has 0 aliphatic heterocycles. The van der Waals surface area contributed by atoms with E-state index in [1.165, 1.54) is 6.33 Å². The number of nitrogens with one attached hydrogen (secondary N) is 1. The average molecular weight is 227 g/mol. The topological polar surface area (TPSA) is 54.9 Å². The monoisotopic (exact) mass is 227 g/mol. The van der Waals surface area contributed by atoms with E-state index in [1.807, 2.05) is 25.1 Å². The lowest BCUT2D eigenvalue weighted by Crippen LogP contribution is -2.26. The Morgan fingerprint density at radius 2 is 1.82 bits per heavy atom. The normalized spacial score (nSPS) is 11.8. The van der Waals surface area contributed by atoms with E-state index in [-0.39, 0.29) is 11.9 Å². The van der Waals surface area contributed by atoms with Gasteiger partial charge in [-0.2, -0.15) is 0 Å². The van der Waals surface area contributed by atoms with Crippen LogP contribution in [0.4, 0.5) is 0 Å². The van der Waals surface area contributed by atoms with Crippen LogP contribution in [0.5, 0.6) is 0 Å². The Morgan fingerprint density at radius 1 is 1.18 bits per heavy atom. The largest absolute Gasteiger partial charge is 0.345 e. The number of aromatic nitrogens is 2. The molecule has 0 aliphatic carbocycles. The van der Waals surface area contributed by atoms with E-state index in [0.29, 0.717) is 5.56 Å². The molecule has 86 valence electrons. The van der Waals surface area contributed by atoms with Gasteiger partial charge in [0, 0.05) is 23.5 Å². The van der Waals surface area contributed by atoms with E-state index in [9.17, 15) is 4.79 Å². The second kappa shape index (κ2) is 5.21. The van der Waals surface area contributed by atoms with Crippen LogP contribution >= 0.6 is 0 Å². The van der Waals surface area contributed by atoms with Crippen molar-refractivity contribution in [3.63, 3.8) is 0 Å². The van der Waals surface area contributed by atoms with E-state index in [4.69, 9.17) is 0 Å². The summed E-state index contributed by atoms with van der Waals surface area (Å²) in [6, 6.07) is 9.01. The van der Waals surface area contributed by atoms with Crippen molar-refractivity contribution >= 4 is 5.91 Å². The highest BCUT2D eigenvalue weighted by atomic mass is 16.1. The van der Waals surface area contributed by atoms with Crippen LogP contribution in [0.1, 0.15) is 28.9 Å². The maximum absolute atomic E-state index is 11.9. The van der Waals surface area contributed by atoms with Crippen LogP contribution in [0.3, 0.4) is 0 Å². The smallest absolute Gasteiger partial charge is 0.251 e. The number of carbonyl (C=O) groups is 1. The Morgan fingerprint density at radius 3 is 2.47 bits per heavy atom. The molecule has 2 aromatic rings. The van der Waals surface area contributed by atoms with Gasteiger partial charge in [0.2, 0.25) is 0 Å². The summed E-state index contributed by atoms with van der Waals surface area (Å²) in [5.41, 5.74) is 1.54. The lowest BCUT2D eigenvalue weighted by molar-refractivity contribution is 0.0940. The van der Waals surface area contributed by atoms with Gasteiger partial charge in [0.15, 0.2) is 0 Å². The Balaban J connectivity index is 2.05. The van der Waals surface area contributed by atoms with Gasteiger partial charge in [-0.3, -0.25) is 4.79 Å². The first kappa shape index (κ1) is 11.3. The van der Waals surface area contributed by atoms with Gasteiger partial charge in [0.05, 0.1) is 6.04 Å². The zero-order valence-corrected chi connectivity index (χ0v) is 9.50. The average Bonchev–Trinajstić information content (AvgIpc) is 2.40. The first-order chi connectivity index (χ1) is 8.27. The molecule has 0 bridgehead atoms. The number of benzene rings is 1. The minimum Gasteiger partial charge on any atom is -0.345 e. The fourth-order valence-corrected chi connectivity index (χ4v) is 1.49. The maximum atomic E-state index is 11.9. The van der Waals surface area contributed by atoms with Crippen molar-refractivity contribution in [2.24, 2.45) is 0 Å².